The Hall–Kier alpha value is -1.64. The van der Waals surface area contributed by atoms with Crippen molar-refractivity contribution in [3.63, 3.8) is 0 Å². The van der Waals surface area contributed by atoms with E-state index >= 15 is 0 Å². The molecule has 3 rings (SSSR count). The number of carbonyl (C=O) groups excluding carboxylic acids is 2. The van der Waals surface area contributed by atoms with Gasteiger partial charge in [0.25, 0.3) is 5.91 Å². The molecule has 0 radical (unpaired) electrons. The Morgan fingerprint density at radius 2 is 1.81 bits per heavy atom. The van der Waals surface area contributed by atoms with Gasteiger partial charge < -0.3 is 4.90 Å². The van der Waals surface area contributed by atoms with E-state index in [1.165, 1.54) is 0 Å². The number of likely N-dealkylation sites (tertiary alicyclic amines) is 1. The molecule has 1 saturated heterocycles. The highest BCUT2D eigenvalue weighted by Crippen LogP contribution is 2.34. The normalized spacial score (nSPS) is 25.6. The Labute approximate surface area is 126 Å². The highest BCUT2D eigenvalue weighted by Gasteiger charge is 2.40. The van der Waals surface area contributed by atoms with Crippen molar-refractivity contribution in [3.05, 3.63) is 34.9 Å². The van der Waals surface area contributed by atoms with Crippen LogP contribution in [0.2, 0.25) is 0 Å². The summed E-state index contributed by atoms with van der Waals surface area (Å²) < 4.78 is 0. The van der Waals surface area contributed by atoms with Crippen molar-refractivity contribution in [1.82, 2.24) is 4.90 Å². The number of benzene rings is 1. The van der Waals surface area contributed by atoms with Gasteiger partial charge in [0.1, 0.15) is 5.78 Å². The Morgan fingerprint density at radius 1 is 1.10 bits per heavy atom. The molecule has 2 atom stereocenters. The first kappa shape index (κ1) is 14.3. The minimum atomic E-state index is 0.0855. The zero-order chi connectivity index (χ0) is 15.0. The molecule has 1 aromatic rings. The van der Waals surface area contributed by atoms with Gasteiger partial charge in [0.15, 0.2) is 0 Å². The smallest absolute Gasteiger partial charge is 0.254 e. The van der Waals surface area contributed by atoms with Gasteiger partial charge in [-0.05, 0) is 51.7 Å². The van der Waals surface area contributed by atoms with Crippen molar-refractivity contribution in [2.75, 3.05) is 6.54 Å². The van der Waals surface area contributed by atoms with Crippen molar-refractivity contribution in [2.24, 2.45) is 5.92 Å². The fraction of sp³-hybridized carbons (Fsp3) is 0.556. The third-order valence-corrected chi connectivity index (χ3v) is 4.85. The van der Waals surface area contributed by atoms with Crippen molar-refractivity contribution in [2.45, 2.75) is 52.0 Å². The Balaban J connectivity index is 1.84. The standard InChI is InChI=1S/C18H23NO2/c1-12-9-13(2)11-14(10-12)18(21)19-8-4-6-16(19)15-5-3-7-17(15)20/h9-11,15-16H,3-8H2,1-2H3. The van der Waals surface area contributed by atoms with Crippen LogP contribution in [-0.4, -0.2) is 29.2 Å². The summed E-state index contributed by atoms with van der Waals surface area (Å²) in [7, 11) is 0. The fourth-order valence-corrected chi connectivity index (χ4v) is 3.98. The molecule has 2 fully saturated rings. The minimum absolute atomic E-state index is 0.0855. The summed E-state index contributed by atoms with van der Waals surface area (Å²) in [4.78, 5) is 26.8. The van der Waals surface area contributed by atoms with Gasteiger partial charge in [-0.15, -0.1) is 0 Å². The lowest BCUT2D eigenvalue weighted by Gasteiger charge is -2.29. The van der Waals surface area contributed by atoms with Crippen LogP contribution >= 0.6 is 0 Å². The third-order valence-electron chi connectivity index (χ3n) is 4.85. The first-order valence-corrected chi connectivity index (χ1v) is 7.98. The second-order valence-corrected chi connectivity index (χ2v) is 6.55. The molecule has 21 heavy (non-hydrogen) atoms. The number of carbonyl (C=O) groups is 2. The zero-order valence-corrected chi connectivity index (χ0v) is 12.9. The second-order valence-electron chi connectivity index (χ2n) is 6.55. The van der Waals surface area contributed by atoms with Crippen LogP contribution in [0.3, 0.4) is 0 Å². The lowest BCUT2D eigenvalue weighted by Crippen LogP contribution is -2.41. The molecule has 2 aliphatic rings. The van der Waals surface area contributed by atoms with E-state index in [9.17, 15) is 9.59 Å². The maximum atomic E-state index is 12.8. The van der Waals surface area contributed by atoms with E-state index in [1.54, 1.807) is 0 Å². The molecule has 3 nitrogen and oxygen atoms in total. The molecule has 1 heterocycles. The SMILES string of the molecule is Cc1cc(C)cc(C(=O)N2CCCC2C2CCCC2=O)c1. The summed E-state index contributed by atoms with van der Waals surface area (Å²) in [6.07, 6.45) is 4.65. The Kier molecular flexibility index (Phi) is 3.83. The predicted molar refractivity (Wildman–Crippen MR) is 82.3 cm³/mol. The molecule has 0 N–H and O–H groups in total. The highest BCUT2D eigenvalue weighted by atomic mass is 16.2. The molecule has 1 amide bonds. The van der Waals surface area contributed by atoms with Crippen LogP contribution in [0, 0.1) is 19.8 Å². The van der Waals surface area contributed by atoms with Crippen molar-refractivity contribution in [3.8, 4) is 0 Å². The van der Waals surface area contributed by atoms with Crippen LogP contribution in [0.5, 0.6) is 0 Å². The third kappa shape index (κ3) is 2.74. The molecule has 112 valence electrons. The summed E-state index contributed by atoms with van der Waals surface area (Å²) in [6.45, 7) is 4.83. The van der Waals surface area contributed by atoms with Crippen molar-refractivity contribution < 1.29 is 9.59 Å². The van der Waals surface area contributed by atoms with Gasteiger partial charge in [-0.1, -0.05) is 17.2 Å². The molecule has 0 bridgehead atoms. The minimum Gasteiger partial charge on any atom is -0.335 e. The summed E-state index contributed by atoms with van der Waals surface area (Å²) in [5.74, 6) is 0.548. The number of amides is 1. The van der Waals surface area contributed by atoms with Gasteiger partial charge in [0, 0.05) is 30.5 Å². The molecule has 0 spiro atoms. The van der Waals surface area contributed by atoms with Crippen molar-refractivity contribution in [1.29, 1.82) is 0 Å². The van der Waals surface area contributed by atoms with Crippen LogP contribution in [0.1, 0.15) is 53.6 Å². The van der Waals surface area contributed by atoms with Gasteiger partial charge in [-0.3, -0.25) is 9.59 Å². The fourth-order valence-electron chi connectivity index (χ4n) is 3.98. The number of rotatable bonds is 2. The van der Waals surface area contributed by atoms with E-state index in [2.05, 4.69) is 6.07 Å². The van der Waals surface area contributed by atoms with Crippen molar-refractivity contribution >= 4 is 11.7 Å². The molecular formula is C18H23NO2. The maximum absolute atomic E-state index is 12.8. The molecule has 1 saturated carbocycles. The van der Waals surface area contributed by atoms with Crippen LogP contribution < -0.4 is 0 Å². The number of hydrogen-bond acceptors (Lipinski definition) is 2. The number of nitrogens with zero attached hydrogens (tertiary/aromatic N) is 1. The predicted octanol–water partition coefficient (Wildman–Crippen LogP) is 3.28. The number of hydrogen-bond donors (Lipinski definition) is 0. The monoisotopic (exact) mass is 285 g/mol. The van der Waals surface area contributed by atoms with Gasteiger partial charge >= 0.3 is 0 Å². The van der Waals surface area contributed by atoms with E-state index in [0.717, 1.165) is 48.9 Å². The summed E-state index contributed by atoms with van der Waals surface area (Å²) in [5.41, 5.74) is 3.00. The topological polar surface area (TPSA) is 37.4 Å². The zero-order valence-electron chi connectivity index (χ0n) is 12.9. The molecule has 1 aromatic carbocycles. The molecule has 1 aliphatic heterocycles. The molecular weight excluding hydrogens is 262 g/mol. The van der Waals surface area contributed by atoms with Crippen LogP contribution in [0.4, 0.5) is 0 Å². The van der Waals surface area contributed by atoms with Gasteiger partial charge in [-0.2, -0.15) is 0 Å². The van der Waals surface area contributed by atoms with E-state index in [0.29, 0.717) is 12.2 Å². The maximum Gasteiger partial charge on any atom is 0.254 e. The van der Waals surface area contributed by atoms with Crippen LogP contribution in [0.15, 0.2) is 18.2 Å². The van der Waals surface area contributed by atoms with Gasteiger partial charge in [0.2, 0.25) is 0 Å². The number of aryl methyl sites for hydroxylation is 2. The summed E-state index contributed by atoms with van der Waals surface area (Å²) in [6, 6.07) is 6.13. The average Bonchev–Trinajstić information content (AvgIpc) is 3.04. The molecule has 2 unspecified atom stereocenters. The highest BCUT2D eigenvalue weighted by molar-refractivity contribution is 5.95. The first-order valence-electron chi connectivity index (χ1n) is 7.98. The van der Waals surface area contributed by atoms with Crippen LogP contribution in [-0.2, 0) is 4.79 Å². The van der Waals surface area contributed by atoms with E-state index < -0.39 is 0 Å². The van der Waals surface area contributed by atoms with E-state index in [4.69, 9.17) is 0 Å². The average molecular weight is 285 g/mol. The lowest BCUT2D eigenvalue weighted by molar-refractivity contribution is -0.121. The van der Waals surface area contributed by atoms with Gasteiger partial charge in [-0.25, -0.2) is 0 Å². The largest absolute Gasteiger partial charge is 0.335 e. The number of ketones is 1. The lowest BCUT2D eigenvalue weighted by atomic mass is 9.94. The second kappa shape index (κ2) is 5.63. The number of Topliss-reactive ketones (excluding diaryl/α,β-unsaturated/α-hetero) is 1. The van der Waals surface area contributed by atoms with E-state index in [1.807, 2.05) is 30.9 Å². The summed E-state index contributed by atoms with van der Waals surface area (Å²) in [5, 5.41) is 0. The van der Waals surface area contributed by atoms with Crippen LogP contribution in [0.25, 0.3) is 0 Å². The molecule has 0 aromatic heterocycles. The first-order chi connectivity index (χ1) is 10.1. The molecule has 3 heteroatoms. The summed E-state index contributed by atoms with van der Waals surface area (Å²) >= 11 is 0. The quantitative estimate of drug-likeness (QED) is 0.836. The Morgan fingerprint density at radius 3 is 2.43 bits per heavy atom. The van der Waals surface area contributed by atoms with Gasteiger partial charge in [0.05, 0.1) is 0 Å². The Bertz CT molecular complexity index is 558. The van der Waals surface area contributed by atoms with E-state index in [-0.39, 0.29) is 17.9 Å². The molecule has 1 aliphatic carbocycles.